The quantitative estimate of drug-likeness (QED) is 0.353. The Hall–Kier alpha value is -4.13. The van der Waals surface area contributed by atoms with Crippen LogP contribution in [-0.4, -0.2) is 27.6 Å². The third kappa shape index (κ3) is 5.31. The fourth-order valence-electron chi connectivity index (χ4n) is 3.05. The molecule has 0 amide bonds. The van der Waals surface area contributed by atoms with Crippen LogP contribution in [0.4, 0.5) is 0 Å². The van der Waals surface area contributed by atoms with Crippen LogP contribution in [-0.2, 0) is 17.9 Å². The lowest BCUT2D eigenvalue weighted by Gasteiger charge is -2.11. The average Bonchev–Trinajstić information content (AvgIpc) is 3.22. The maximum atomic E-state index is 12.4. The van der Waals surface area contributed by atoms with E-state index in [-0.39, 0.29) is 18.2 Å². The lowest BCUT2D eigenvalue weighted by molar-refractivity contribution is 0.0516. The van der Waals surface area contributed by atoms with Gasteiger partial charge < -0.3 is 14.2 Å². The summed E-state index contributed by atoms with van der Waals surface area (Å²) >= 11 is 0. The second-order valence-corrected chi connectivity index (χ2v) is 6.95. The number of aromatic nitrogens is 3. The molecule has 162 valence electrons. The highest BCUT2D eigenvalue weighted by molar-refractivity contribution is 5.89. The first-order valence-electron chi connectivity index (χ1n) is 10.3. The standard InChI is InChI=1S/C25H23N3O4/c1-2-30-25(29)23-24(28(27-26-23)17-19-9-5-3-6-10-19)32-22-15-13-21(14-16-22)31-18-20-11-7-4-8-12-20/h3-16H,2,17-18H2,1H3. The molecule has 0 spiro atoms. The zero-order valence-corrected chi connectivity index (χ0v) is 17.7. The van der Waals surface area contributed by atoms with Gasteiger partial charge in [0.2, 0.25) is 5.69 Å². The summed E-state index contributed by atoms with van der Waals surface area (Å²) in [5.41, 5.74) is 2.12. The summed E-state index contributed by atoms with van der Waals surface area (Å²) in [7, 11) is 0. The van der Waals surface area contributed by atoms with Crippen LogP contribution < -0.4 is 9.47 Å². The van der Waals surface area contributed by atoms with Crippen molar-refractivity contribution >= 4 is 5.97 Å². The summed E-state index contributed by atoms with van der Waals surface area (Å²) in [4.78, 5) is 12.4. The van der Waals surface area contributed by atoms with Crippen LogP contribution >= 0.6 is 0 Å². The number of esters is 1. The molecule has 7 nitrogen and oxygen atoms in total. The van der Waals surface area contributed by atoms with Crippen LogP contribution in [0.5, 0.6) is 17.4 Å². The number of ether oxygens (including phenoxy) is 3. The number of nitrogens with zero attached hydrogens (tertiary/aromatic N) is 3. The molecule has 0 fully saturated rings. The molecule has 7 heteroatoms. The van der Waals surface area contributed by atoms with Gasteiger partial charge in [0.25, 0.3) is 5.88 Å². The van der Waals surface area contributed by atoms with Gasteiger partial charge in [-0.3, -0.25) is 0 Å². The van der Waals surface area contributed by atoms with Gasteiger partial charge in [-0.2, -0.15) is 0 Å². The molecule has 0 aliphatic heterocycles. The molecule has 0 N–H and O–H groups in total. The summed E-state index contributed by atoms with van der Waals surface area (Å²) < 4.78 is 18.5. The van der Waals surface area contributed by atoms with E-state index in [0.29, 0.717) is 24.7 Å². The van der Waals surface area contributed by atoms with Gasteiger partial charge in [-0.05, 0) is 42.3 Å². The number of hydrogen-bond acceptors (Lipinski definition) is 6. The Labute approximate surface area is 186 Å². The maximum absolute atomic E-state index is 12.4. The number of rotatable bonds is 9. The van der Waals surface area contributed by atoms with Gasteiger partial charge in [-0.25, -0.2) is 9.48 Å². The van der Waals surface area contributed by atoms with E-state index in [1.54, 1.807) is 23.7 Å². The topological polar surface area (TPSA) is 75.5 Å². The van der Waals surface area contributed by atoms with Gasteiger partial charge in [0.15, 0.2) is 0 Å². The van der Waals surface area contributed by atoms with E-state index >= 15 is 0 Å². The first-order chi connectivity index (χ1) is 15.7. The zero-order chi connectivity index (χ0) is 22.2. The third-order valence-electron chi connectivity index (χ3n) is 4.62. The number of carbonyl (C=O) groups is 1. The third-order valence-corrected chi connectivity index (χ3v) is 4.62. The molecule has 0 atom stereocenters. The van der Waals surface area contributed by atoms with Crippen LogP contribution in [0.2, 0.25) is 0 Å². The molecule has 0 saturated carbocycles. The van der Waals surface area contributed by atoms with E-state index in [9.17, 15) is 4.79 Å². The van der Waals surface area contributed by atoms with E-state index in [0.717, 1.165) is 11.1 Å². The largest absolute Gasteiger partial charge is 0.489 e. The Morgan fingerprint density at radius 3 is 2.12 bits per heavy atom. The predicted molar refractivity (Wildman–Crippen MR) is 119 cm³/mol. The Bertz CT molecular complexity index is 1140. The van der Waals surface area contributed by atoms with Crippen molar-refractivity contribution in [3.63, 3.8) is 0 Å². The van der Waals surface area contributed by atoms with Gasteiger partial charge >= 0.3 is 5.97 Å². The van der Waals surface area contributed by atoms with Crippen molar-refractivity contribution in [2.24, 2.45) is 0 Å². The molecule has 0 unspecified atom stereocenters. The van der Waals surface area contributed by atoms with E-state index in [4.69, 9.17) is 14.2 Å². The van der Waals surface area contributed by atoms with Gasteiger partial charge in [0.1, 0.15) is 18.1 Å². The SMILES string of the molecule is CCOC(=O)c1nnn(Cc2ccccc2)c1Oc1ccc(OCc2ccccc2)cc1. The molecule has 1 heterocycles. The minimum atomic E-state index is -0.579. The minimum absolute atomic E-state index is 0.0344. The van der Waals surface area contributed by atoms with Gasteiger partial charge in [0, 0.05) is 0 Å². The molecule has 32 heavy (non-hydrogen) atoms. The summed E-state index contributed by atoms with van der Waals surface area (Å²) in [5.74, 6) is 0.886. The highest BCUT2D eigenvalue weighted by Crippen LogP contribution is 2.27. The van der Waals surface area contributed by atoms with E-state index in [2.05, 4.69) is 10.3 Å². The fraction of sp³-hybridized carbons (Fsp3) is 0.160. The summed E-state index contributed by atoms with van der Waals surface area (Å²) in [5, 5.41) is 8.10. The van der Waals surface area contributed by atoms with Crippen molar-refractivity contribution < 1.29 is 19.0 Å². The molecule has 4 aromatic rings. The molecule has 1 aromatic heterocycles. The van der Waals surface area contributed by atoms with E-state index in [1.165, 1.54) is 0 Å². The van der Waals surface area contributed by atoms with E-state index in [1.807, 2.05) is 72.8 Å². The molecule has 0 bridgehead atoms. The Kier molecular flexibility index (Phi) is 6.77. The van der Waals surface area contributed by atoms with Crippen LogP contribution in [0.1, 0.15) is 28.5 Å². The highest BCUT2D eigenvalue weighted by atomic mass is 16.5. The molecule has 4 rings (SSSR count). The molecule has 0 radical (unpaired) electrons. The summed E-state index contributed by atoms with van der Waals surface area (Å²) in [6.07, 6.45) is 0. The first-order valence-corrected chi connectivity index (χ1v) is 10.3. The monoisotopic (exact) mass is 429 g/mol. The maximum Gasteiger partial charge on any atom is 0.364 e. The number of hydrogen-bond donors (Lipinski definition) is 0. The first kappa shape index (κ1) is 21.1. The van der Waals surface area contributed by atoms with Crippen molar-refractivity contribution in [3.05, 3.63) is 102 Å². The second kappa shape index (κ2) is 10.3. The minimum Gasteiger partial charge on any atom is -0.489 e. The average molecular weight is 429 g/mol. The van der Waals surface area contributed by atoms with Crippen molar-refractivity contribution in [2.45, 2.75) is 20.1 Å². The summed E-state index contributed by atoms with van der Waals surface area (Å²) in [6, 6.07) is 26.9. The Balaban J connectivity index is 1.51. The second-order valence-electron chi connectivity index (χ2n) is 6.95. The highest BCUT2D eigenvalue weighted by Gasteiger charge is 2.23. The van der Waals surface area contributed by atoms with Crippen LogP contribution in [0.25, 0.3) is 0 Å². The lowest BCUT2D eigenvalue weighted by atomic mass is 10.2. The molecule has 0 saturated heterocycles. The Morgan fingerprint density at radius 2 is 1.47 bits per heavy atom. The zero-order valence-electron chi connectivity index (χ0n) is 17.7. The molecule has 3 aromatic carbocycles. The lowest BCUT2D eigenvalue weighted by Crippen LogP contribution is -2.09. The van der Waals surface area contributed by atoms with Crippen LogP contribution in [0, 0.1) is 0 Å². The van der Waals surface area contributed by atoms with Crippen LogP contribution in [0.15, 0.2) is 84.9 Å². The van der Waals surface area contributed by atoms with Crippen molar-refractivity contribution in [1.29, 1.82) is 0 Å². The van der Waals surface area contributed by atoms with Crippen molar-refractivity contribution in [3.8, 4) is 17.4 Å². The number of benzene rings is 3. The fourth-order valence-corrected chi connectivity index (χ4v) is 3.05. The smallest absolute Gasteiger partial charge is 0.364 e. The van der Waals surface area contributed by atoms with Crippen molar-refractivity contribution in [1.82, 2.24) is 15.0 Å². The normalized spacial score (nSPS) is 10.5. The number of carbonyl (C=O) groups excluding carboxylic acids is 1. The van der Waals surface area contributed by atoms with Crippen LogP contribution in [0.3, 0.4) is 0 Å². The van der Waals surface area contributed by atoms with Gasteiger partial charge in [-0.15, -0.1) is 5.10 Å². The van der Waals surface area contributed by atoms with Gasteiger partial charge in [0.05, 0.1) is 13.2 Å². The predicted octanol–water partition coefficient (Wildman–Crippen LogP) is 4.87. The van der Waals surface area contributed by atoms with E-state index < -0.39 is 5.97 Å². The molecular formula is C25H23N3O4. The Morgan fingerprint density at radius 1 is 0.844 bits per heavy atom. The summed E-state index contributed by atoms with van der Waals surface area (Å²) in [6.45, 7) is 2.85. The van der Waals surface area contributed by atoms with Crippen molar-refractivity contribution in [2.75, 3.05) is 6.61 Å². The van der Waals surface area contributed by atoms with Gasteiger partial charge in [-0.1, -0.05) is 65.9 Å². The molecule has 0 aliphatic rings. The molecule has 0 aliphatic carbocycles. The molecular weight excluding hydrogens is 406 g/mol.